The van der Waals surface area contributed by atoms with Crippen molar-refractivity contribution in [1.82, 2.24) is 5.16 Å². The molecule has 11 heteroatoms. The van der Waals surface area contributed by atoms with Gasteiger partial charge in [0.05, 0.1) is 5.56 Å². The van der Waals surface area contributed by atoms with E-state index >= 15 is 0 Å². The number of nitrogens with two attached hydrogens (primary N) is 1. The fraction of sp³-hybridized carbons (Fsp3) is 0.0625. The minimum absolute atomic E-state index is 0.0387. The SMILES string of the molecule is NS(=O)(=O)c1c(F)cc(-c2c(-c3cc(Br)cc(Br)c3)noc2CO)cc1F. The van der Waals surface area contributed by atoms with Crippen molar-refractivity contribution in [3.63, 3.8) is 0 Å². The van der Waals surface area contributed by atoms with Crippen molar-refractivity contribution in [2.75, 3.05) is 0 Å². The number of aliphatic hydroxyl groups is 1. The average Bonchev–Trinajstić information content (AvgIpc) is 2.95. The van der Waals surface area contributed by atoms with Gasteiger partial charge in [-0.2, -0.15) is 0 Å². The Kier molecular flexibility index (Phi) is 5.50. The van der Waals surface area contributed by atoms with Crippen LogP contribution in [0.3, 0.4) is 0 Å². The highest BCUT2D eigenvalue weighted by molar-refractivity contribution is 9.11. The molecule has 0 bridgehead atoms. The highest BCUT2D eigenvalue weighted by Crippen LogP contribution is 2.38. The second kappa shape index (κ2) is 7.40. The molecule has 27 heavy (non-hydrogen) atoms. The Morgan fingerprint density at radius 2 is 1.59 bits per heavy atom. The van der Waals surface area contributed by atoms with Gasteiger partial charge in [0.1, 0.15) is 23.9 Å². The molecule has 3 N–H and O–H groups in total. The molecule has 142 valence electrons. The third-order valence-corrected chi connectivity index (χ3v) is 5.49. The van der Waals surface area contributed by atoms with Crippen molar-refractivity contribution in [3.05, 3.63) is 56.7 Å². The number of aromatic nitrogens is 1. The Morgan fingerprint density at radius 3 is 2.07 bits per heavy atom. The summed E-state index contributed by atoms with van der Waals surface area (Å²) < 4.78 is 57.8. The number of hydrogen-bond donors (Lipinski definition) is 2. The number of primary sulfonamides is 1. The molecule has 0 amide bonds. The highest BCUT2D eigenvalue weighted by atomic mass is 79.9. The monoisotopic (exact) mass is 522 g/mol. The molecule has 6 nitrogen and oxygen atoms in total. The fourth-order valence-electron chi connectivity index (χ4n) is 2.59. The lowest BCUT2D eigenvalue weighted by molar-refractivity contribution is 0.230. The molecule has 1 heterocycles. The normalized spacial score (nSPS) is 11.8. The predicted octanol–water partition coefficient (Wildman–Crippen LogP) is 3.95. The lowest BCUT2D eigenvalue weighted by atomic mass is 9.99. The van der Waals surface area contributed by atoms with Gasteiger partial charge < -0.3 is 9.63 Å². The molecule has 0 aliphatic heterocycles. The molecule has 0 aliphatic rings. The van der Waals surface area contributed by atoms with Gasteiger partial charge >= 0.3 is 0 Å². The number of benzene rings is 2. The summed E-state index contributed by atoms with van der Waals surface area (Å²) >= 11 is 6.66. The lowest BCUT2D eigenvalue weighted by Gasteiger charge is -2.08. The number of nitrogens with zero attached hydrogens (tertiary/aromatic N) is 1. The van der Waals surface area contributed by atoms with Gasteiger partial charge in [0.15, 0.2) is 10.7 Å². The van der Waals surface area contributed by atoms with E-state index in [0.717, 1.165) is 12.1 Å². The Bertz CT molecular complexity index is 1110. The van der Waals surface area contributed by atoms with Gasteiger partial charge in [-0.05, 0) is 35.9 Å². The first-order valence-electron chi connectivity index (χ1n) is 7.20. The van der Waals surface area contributed by atoms with Gasteiger partial charge in [0.2, 0.25) is 10.0 Å². The standard InChI is InChI=1S/C16H10Br2F2N2O4S/c17-9-1-8(2-10(18)5-9)15-14(13(6-23)26-22-15)7-3-11(19)16(12(20)4-7)27(21,24)25/h1-5,23H,6H2,(H2,21,24,25). The molecular formula is C16H10Br2F2N2O4S. The lowest BCUT2D eigenvalue weighted by Crippen LogP contribution is -2.16. The smallest absolute Gasteiger partial charge is 0.243 e. The van der Waals surface area contributed by atoms with Gasteiger partial charge in [0, 0.05) is 14.5 Å². The number of halogens is 4. The van der Waals surface area contributed by atoms with E-state index in [0.29, 0.717) is 14.5 Å². The molecule has 0 aliphatic carbocycles. The van der Waals surface area contributed by atoms with Crippen LogP contribution in [0.4, 0.5) is 8.78 Å². The van der Waals surface area contributed by atoms with Crippen LogP contribution in [0, 0.1) is 11.6 Å². The Labute approximate surface area is 169 Å². The summed E-state index contributed by atoms with van der Waals surface area (Å²) in [6.45, 7) is -0.586. The number of sulfonamides is 1. The van der Waals surface area contributed by atoms with E-state index in [1.807, 2.05) is 0 Å². The van der Waals surface area contributed by atoms with E-state index in [1.165, 1.54) is 0 Å². The van der Waals surface area contributed by atoms with E-state index in [2.05, 4.69) is 37.0 Å². The van der Waals surface area contributed by atoms with E-state index in [4.69, 9.17) is 9.66 Å². The summed E-state index contributed by atoms with van der Waals surface area (Å²) in [5.74, 6) is -2.76. The van der Waals surface area contributed by atoms with Crippen molar-refractivity contribution in [2.45, 2.75) is 11.5 Å². The molecule has 1 aromatic heterocycles. The van der Waals surface area contributed by atoms with Crippen molar-refractivity contribution in [2.24, 2.45) is 5.14 Å². The molecule has 0 saturated heterocycles. The Balaban J connectivity index is 2.28. The van der Waals surface area contributed by atoms with Crippen LogP contribution in [0.2, 0.25) is 0 Å². The van der Waals surface area contributed by atoms with Crippen LogP contribution in [0.5, 0.6) is 0 Å². The van der Waals surface area contributed by atoms with Crippen molar-refractivity contribution < 1.29 is 26.8 Å². The van der Waals surface area contributed by atoms with Crippen LogP contribution in [0.25, 0.3) is 22.4 Å². The summed E-state index contributed by atoms with van der Waals surface area (Å²) in [5, 5.41) is 18.2. The summed E-state index contributed by atoms with van der Waals surface area (Å²) in [4.78, 5) is -1.24. The van der Waals surface area contributed by atoms with Crippen LogP contribution in [0.1, 0.15) is 5.76 Å². The molecule has 2 aromatic carbocycles. The Morgan fingerprint density at radius 1 is 1.04 bits per heavy atom. The molecule has 0 atom stereocenters. The van der Waals surface area contributed by atoms with Crippen LogP contribution < -0.4 is 5.14 Å². The van der Waals surface area contributed by atoms with Crippen molar-refractivity contribution in [3.8, 4) is 22.4 Å². The number of rotatable bonds is 4. The van der Waals surface area contributed by atoms with Crippen LogP contribution >= 0.6 is 31.9 Å². The minimum atomic E-state index is -4.59. The van der Waals surface area contributed by atoms with Gasteiger partial charge in [-0.1, -0.05) is 37.0 Å². The second-order valence-electron chi connectivity index (χ2n) is 5.46. The molecule has 0 saturated carbocycles. The van der Waals surface area contributed by atoms with Gasteiger partial charge in [0.25, 0.3) is 0 Å². The number of hydrogen-bond acceptors (Lipinski definition) is 5. The van der Waals surface area contributed by atoms with E-state index in [9.17, 15) is 22.3 Å². The zero-order valence-electron chi connectivity index (χ0n) is 13.2. The largest absolute Gasteiger partial charge is 0.388 e. The minimum Gasteiger partial charge on any atom is -0.388 e. The zero-order valence-corrected chi connectivity index (χ0v) is 17.2. The molecule has 3 rings (SSSR count). The van der Waals surface area contributed by atoms with Crippen molar-refractivity contribution in [1.29, 1.82) is 0 Å². The second-order valence-corrected chi connectivity index (χ2v) is 8.79. The maximum absolute atomic E-state index is 14.3. The van der Waals surface area contributed by atoms with Crippen LogP contribution in [-0.2, 0) is 16.6 Å². The van der Waals surface area contributed by atoms with E-state index < -0.39 is 33.2 Å². The first-order chi connectivity index (χ1) is 12.6. The predicted molar refractivity (Wildman–Crippen MR) is 100.0 cm³/mol. The molecule has 0 fully saturated rings. The molecule has 0 spiro atoms. The quantitative estimate of drug-likeness (QED) is 0.538. The summed E-state index contributed by atoms with van der Waals surface area (Å²) in [6, 6.07) is 6.75. The van der Waals surface area contributed by atoms with Gasteiger partial charge in [-0.15, -0.1) is 0 Å². The van der Waals surface area contributed by atoms with Crippen LogP contribution in [-0.4, -0.2) is 18.7 Å². The molecule has 0 unspecified atom stereocenters. The van der Waals surface area contributed by atoms with E-state index in [-0.39, 0.29) is 22.6 Å². The first-order valence-corrected chi connectivity index (χ1v) is 10.3. The topological polar surface area (TPSA) is 106 Å². The maximum atomic E-state index is 14.3. The van der Waals surface area contributed by atoms with Crippen molar-refractivity contribution >= 4 is 41.9 Å². The van der Waals surface area contributed by atoms with Gasteiger partial charge in [-0.25, -0.2) is 22.3 Å². The number of aliphatic hydroxyl groups excluding tert-OH is 1. The molecular weight excluding hydrogens is 514 g/mol. The summed E-state index contributed by atoms with van der Waals surface area (Å²) in [7, 11) is -4.59. The summed E-state index contributed by atoms with van der Waals surface area (Å²) in [6.07, 6.45) is 0. The average molecular weight is 524 g/mol. The highest BCUT2D eigenvalue weighted by Gasteiger charge is 2.25. The fourth-order valence-corrected chi connectivity index (χ4v) is 4.55. The molecule has 0 radical (unpaired) electrons. The summed E-state index contributed by atoms with van der Waals surface area (Å²) in [5.41, 5.74) is 0.810. The molecule has 3 aromatic rings. The van der Waals surface area contributed by atoms with Gasteiger partial charge in [-0.3, -0.25) is 0 Å². The van der Waals surface area contributed by atoms with Crippen LogP contribution in [0.15, 0.2) is 48.7 Å². The zero-order chi connectivity index (χ0) is 19.9. The van der Waals surface area contributed by atoms with E-state index in [1.54, 1.807) is 18.2 Å². The third kappa shape index (κ3) is 3.97. The third-order valence-electron chi connectivity index (χ3n) is 3.61. The maximum Gasteiger partial charge on any atom is 0.243 e. The Hall–Kier alpha value is -1.66. The first kappa shape index (κ1) is 20.1.